The van der Waals surface area contributed by atoms with Crippen molar-refractivity contribution in [3.05, 3.63) is 64.7 Å². The van der Waals surface area contributed by atoms with Gasteiger partial charge in [-0.05, 0) is 54.5 Å². The van der Waals surface area contributed by atoms with Crippen molar-refractivity contribution in [1.82, 2.24) is 24.4 Å². The van der Waals surface area contributed by atoms with Crippen LogP contribution in [0.4, 0.5) is 0 Å². The Morgan fingerprint density at radius 3 is 2.56 bits per heavy atom. The van der Waals surface area contributed by atoms with Crippen molar-refractivity contribution in [3.8, 4) is 11.3 Å². The quantitative estimate of drug-likeness (QED) is 0.428. The zero-order valence-electron chi connectivity index (χ0n) is 22.9. The summed E-state index contributed by atoms with van der Waals surface area (Å²) in [5.74, 6) is -0.875. The summed E-state index contributed by atoms with van der Waals surface area (Å²) < 4.78 is 30.3. The van der Waals surface area contributed by atoms with Gasteiger partial charge in [-0.15, -0.1) is 0 Å². The van der Waals surface area contributed by atoms with Crippen molar-refractivity contribution in [3.63, 3.8) is 0 Å². The molecule has 2 aromatic carbocycles. The van der Waals surface area contributed by atoms with Gasteiger partial charge in [0.25, 0.3) is 11.8 Å². The van der Waals surface area contributed by atoms with Crippen LogP contribution in [0.15, 0.2) is 48.0 Å². The largest absolute Gasteiger partial charge is 0.335 e. The lowest BCUT2D eigenvalue weighted by Crippen LogP contribution is -2.50. The zero-order chi connectivity index (χ0) is 28.7. The fourth-order valence-electron chi connectivity index (χ4n) is 6.37. The number of hydrogen-bond donors (Lipinski definition) is 3. The highest BCUT2D eigenvalue weighted by Crippen LogP contribution is 2.46. The van der Waals surface area contributed by atoms with Gasteiger partial charge >= 0.3 is 10.2 Å². The molecule has 1 saturated heterocycles. The first-order chi connectivity index (χ1) is 19.8. The standard InChI is InChI=1S/C30H33N5O5S/c1-31-41(39,40)33-29(37)21-13-14-24-25(17-21)34-18-22(30(38)35-15-7-12-26(36)32-35)16-20-10-5-6-11-23(20)28(34)27(24)19-8-3-2-4-9-19/h5-6,10-11,13-14,16-17,19,31H,2-4,7-9,12,15,18H2,1H3,(H,32,36)(H,33,37). The molecule has 0 spiro atoms. The lowest BCUT2D eigenvalue weighted by Gasteiger charge is -2.28. The molecular weight excluding hydrogens is 542 g/mol. The van der Waals surface area contributed by atoms with Crippen LogP contribution in [-0.4, -0.2) is 49.3 Å². The van der Waals surface area contributed by atoms with Gasteiger partial charge in [-0.2, -0.15) is 8.42 Å². The summed E-state index contributed by atoms with van der Waals surface area (Å²) >= 11 is 0. The van der Waals surface area contributed by atoms with Crippen LogP contribution in [0.1, 0.15) is 72.3 Å². The molecule has 11 heteroatoms. The predicted octanol–water partition coefficient (Wildman–Crippen LogP) is 3.60. The summed E-state index contributed by atoms with van der Waals surface area (Å²) in [6.45, 7) is 0.665. The lowest BCUT2D eigenvalue weighted by atomic mass is 9.81. The van der Waals surface area contributed by atoms with Crippen molar-refractivity contribution in [1.29, 1.82) is 0 Å². The summed E-state index contributed by atoms with van der Waals surface area (Å²) in [6, 6.07) is 13.3. The third kappa shape index (κ3) is 5.15. The molecule has 10 nitrogen and oxygen atoms in total. The van der Waals surface area contributed by atoms with Gasteiger partial charge in [0.15, 0.2) is 0 Å². The van der Waals surface area contributed by atoms with E-state index in [0.29, 0.717) is 30.9 Å². The second-order valence-electron chi connectivity index (χ2n) is 10.9. The number of nitrogens with zero attached hydrogens (tertiary/aromatic N) is 2. The molecule has 3 aromatic rings. The van der Waals surface area contributed by atoms with Crippen LogP contribution in [0.3, 0.4) is 0 Å². The summed E-state index contributed by atoms with van der Waals surface area (Å²) in [4.78, 5) is 38.8. The monoisotopic (exact) mass is 575 g/mol. The van der Waals surface area contributed by atoms with Crippen LogP contribution in [0.2, 0.25) is 0 Å². The molecule has 6 rings (SSSR count). The van der Waals surface area contributed by atoms with E-state index in [2.05, 4.69) is 20.8 Å². The molecule has 2 fully saturated rings. The summed E-state index contributed by atoms with van der Waals surface area (Å²) in [5, 5.41) is 2.38. The van der Waals surface area contributed by atoms with Gasteiger partial charge in [-0.1, -0.05) is 49.6 Å². The minimum Gasteiger partial charge on any atom is -0.335 e. The SMILES string of the molecule is CNS(=O)(=O)NC(=O)c1ccc2c(C3CCCCC3)c3n(c2c1)CC(C(=O)N1CCCC(=O)N1)=Cc1ccccc1-3. The Bertz CT molecular complexity index is 1700. The van der Waals surface area contributed by atoms with Gasteiger partial charge in [0.2, 0.25) is 5.91 Å². The van der Waals surface area contributed by atoms with E-state index in [0.717, 1.165) is 53.4 Å². The number of fused-ring (bicyclic) bond motifs is 5. The minimum atomic E-state index is -3.98. The smallest absolute Gasteiger partial charge is 0.301 e. The van der Waals surface area contributed by atoms with Crippen LogP contribution < -0.4 is 14.9 Å². The average Bonchev–Trinajstić information content (AvgIpc) is 3.19. The molecule has 1 aliphatic carbocycles. The summed E-state index contributed by atoms with van der Waals surface area (Å²) in [7, 11) is -2.75. The molecular formula is C30H33N5O5S. The molecule has 41 heavy (non-hydrogen) atoms. The topological polar surface area (TPSA) is 130 Å². The zero-order valence-corrected chi connectivity index (χ0v) is 23.7. The highest BCUT2D eigenvalue weighted by atomic mass is 32.2. The van der Waals surface area contributed by atoms with E-state index in [1.165, 1.54) is 24.0 Å². The van der Waals surface area contributed by atoms with E-state index in [1.54, 1.807) is 12.1 Å². The molecule has 214 valence electrons. The van der Waals surface area contributed by atoms with Crippen molar-refractivity contribution in [2.45, 2.75) is 57.4 Å². The van der Waals surface area contributed by atoms with Crippen molar-refractivity contribution < 1.29 is 22.8 Å². The average molecular weight is 576 g/mol. The number of carbonyl (C=O) groups excluding carboxylic acids is 3. The maximum Gasteiger partial charge on any atom is 0.301 e. The van der Waals surface area contributed by atoms with Crippen molar-refractivity contribution in [2.24, 2.45) is 0 Å². The molecule has 0 bridgehead atoms. The fraction of sp³-hybridized carbons (Fsp3) is 0.367. The number of amides is 3. The van der Waals surface area contributed by atoms with E-state index in [9.17, 15) is 22.8 Å². The van der Waals surface area contributed by atoms with E-state index in [-0.39, 0.29) is 23.9 Å². The van der Waals surface area contributed by atoms with Gasteiger partial charge in [0.05, 0.1) is 12.2 Å². The molecule has 0 unspecified atom stereocenters. The molecule has 3 aliphatic rings. The van der Waals surface area contributed by atoms with E-state index >= 15 is 0 Å². The Kier molecular flexibility index (Phi) is 7.16. The van der Waals surface area contributed by atoms with Crippen LogP contribution in [0.5, 0.6) is 0 Å². The molecule has 1 saturated carbocycles. The fourth-order valence-corrected chi connectivity index (χ4v) is 6.83. The van der Waals surface area contributed by atoms with Crippen LogP contribution in [0.25, 0.3) is 28.2 Å². The number of aromatic nitrogens is 1. The maximum absolute atomic E-state index is 13.8. The Balaban J connectivity index is 1.54. The third-order valence-electron chi connectivity index (χ3n) is 8.31. The van der Waals surface area contributed by atoms with E-state index in [4.69, 9.17) is 0 Å². The molecule has 0 atom stereocenters. The van der Waals surface area contributed by atoms with Crippen LogP contribution >= 0.6 is 0 Å². The van der Waals surface area contributed by atoms with Gasteiger partial charge in [-0.25, -0.2) is 9.44 Å². The molecule has 1 aromatic heterocycles. The Hall–Kier alpha value is -3.96. The number of nitrogens with one attached hydrogen (secondary N) is 3. The van der Waals surface area contributed by atoms with Gasteiger partial charge in [0, 0.05) is 47.6 Å². The second-order valence-corrected chi connectivity index (χ2v) is 12.5. The normalized spacial score (nSPS) is 17.7. The molecule has 3 heterocycles. The van der Waals surface area contributed by atoms with Gasteiger partial charge in [0.1, 0.15) is 0 Å². The highest BCUT2D eigenvalue weighted by molar-refractivity contribution is 7.88. The minimum absolute atomic E-state index is 0.182. The molecule has 2 aliphatic heterocycles. The number of hydrazine groups is 1. The summed E-state index contributed by atoms with van der Waals surface area (Å²) in [5.41, 5.74) is 8.31. The van der Waals surface area contributed by atoms with Gasteiger partial charge in [-0.3, -0.25) is 24.8 Å². The lowest BCUT2D eigenvalue weighted by molar-refractivity contribution is -0.141. The first kappa shape index (κ1) is 27.2. The predicted molar refractivity (Wildman–Crippen MR) is 156 cm³/mol. The number of benzene rings is 2. The number of carbonyl (C=O) groups is 3. The van der Waals surface area contributed by atoms with Crippen LogP contribution in [0, 0.1) is 0 Å². The Morgan fingerprint density at radius 2 is 1.80 bits per heavy atom. The second kappa shape index (κ2) is 10.8. The first-order valence-corrected chi connectivity index (χ1v) is 15.6. The third-order valence-corrected chi connectivity index (χ3v) is 9.31. The number of rotatable bonds is 5. The first-order valence-electron chi connectivity index (χ1n) is 14.1. The maximum atomic E-state index is 13.8. The van der Waals surface area contributed by atoms with Crippen molar-refractivity contribution >= 4 is 44.9 Å². The summed E-state index contributed by atoms with van der Waals surface area (Å²) in [6.07, 6.45) is 8.46. The van der Waals surface area contributed by atoms with E-state index < -0.39 is 16.1 Å². The molecule has 3 amide bonds. The number of hydrogen-bond acceptors (Lipinski definition) is 5. The highest BCUT2D eigenvalue weighted by Gasteiger charge is 2.32. The Labute approximate surface area is 238 Å². The van der Waals surface area contributed by atoms with Crippen LogP contribution in [-0.2, 0) is 26.3 Å². The molecule has 3 N–H and O–H groups in total. The Morgan fingerprint density at radius 1 is 1.02 bits per heavy atom. The molecule has 0 radical (unpaired) electrons. The van der Waals surface area contributed by atoms with Crippen molar-refractivity contribution in [2.75, 3.05) is 13.6 Å². The van der Waals surface area contributed by atoms with Gasteiger partial charge < -0.3 is 4.57 Å². The van der Waals surface area contributed by atoms with E-state index in [1.807, 2.05) is 35.1 Å².